The molecule has 1 saturated carbocycles. The van der Waals surface area contributed by atoms with Gasteiger partial charge in [-0.05, 0) is 53.7 Å². The molecule has 3 rings (SSSR count). The summed E-state index contributed by atoms with van der Waals surface area (Å²) < 4.78 is 0. The molecule has 1 aromatic carbocycles. The Morgan fingerprint density at radius 1 is 1.38 bits per heavy atom. The minimum atomic E-state index is 0.525. The normalized spacial score (nSPS) is 36.9. The molecule has 0 nitrogen and oxygen atoms in total. The van der Waals surface area contributed by atoms with Crippen LogP contribution in [0.25, 0.3) is 0 Å². The fraction of sp³-hybridized carbons (Fsp3) is 0.600. The zero-order valence-electron chi connectivity index (χ0n) is 10.1. The molecular weight excluding hydrogens is 216 g/mol. The number of halogens is 1. The van der Waals surface area contributed by atoms with E-state index in [0.717, 1.165) is 16.9 Å². The van der Waals surface area contributed by atoms with E-state index in [9.17, 15) is 0 Å². The largest absolute Gasteiger partial charge is 0.0840 e. The van der Waals surface area contributed by atoms with Gasteiger partial charge in [0.05, 0.1) is 0 Å². The van der Waals surface area contributed by atoms with Crippen LogP contribution in [0.15, 0.2) is 18.2 Å². The molecule has 1 aromatic rings. The van der Waals surface area contributed by atoms with Crippen molar-refractivity contribution in [2.24, 2.45) is 11.3 Å². The second-order valence-corrected chi connectivity index (χ2v) is 6.27. The Bertz CT molecular complexity index is 423. The Kier molecular flexibility index (Phi) is 2.33. The molecule has 0 aromatic heterocycles. The molecule has 0 amide bonds. The highest BCUT2D eigenvalue weighted by molar-refractivity contribution is 6.31. The van der Waals surface area contributed by atoms with Crippen molar-refractivity contribution < 1.29 is 0 Å². The summed E-state index contributed by atoms with van der Waals surface area (Å²) in [5, 5.41) is 0.985. The highest BCUT2D eigenvalue weighted by atomic mass is 35.5. The summed E-state index contributed by atoms with van der Waals surface area (Å²) in [6, 6.07) is 6.47. The van der Waals surface area contributed by atoms with Crippen LogP contribution in [0.4, 0.5) is 0 Å². The Morgan fingerprint density at radius 2 is 2.19 bits per heavy atom. The number of fused-ring (bicyclic) bond motifs is 3. The third-order valence-electron chi connectivity index (χ3n) is 5.17. The molecule has 86 valence electrons. The quantitative estimate of drug-likeness (QED) is 0.605. The minimum absolute atomic E-state index is 0.525. The van der Waals surface area contributed by atoms with Crippen LogP contribution >= 0.6 is 11.6 Å². The lowest BCUT2D eigenvalue weighted by Crippen LogP contribution is -2.34. The van der Waals surface area contributed by atoms with Crippen LogP contribution in [-0.2, 0) is 6.42 Å². The minimum Gasteiger partial charge on any atom is -0.0840 e. The highest BCUT2D eigenvalue weighted by Crippen LogP contribution is 2.58. The molecule has 0 unspecified atom stereocenters. The first kappa shape index (κ1) is 10.7. The summed E-state index contributed by atoms with van der Waals surface area (Å²) in [5.41, 5.74) is 3.50. The second kappa shape index (κ2) is 3.50. The second-order valence-electron chi connectivity index (χ2n) is 5.86. The van der Waals surface area contributed by atoms with Crippen LogP contribution in [0.5, 0.6) is 0 Å². The van der Waals surface area contributed by atoms with Crippen molar-refractivity contribution in [1.29, 1.82) is 0 Å². The monoisotopic (exact) mass is 234 g/mol. The predicted octanol–water partition coefficient (Wildman–Crippen LogP) is 4.81. The van der Waals surface area contributed by atoms with Gasteiger partial charge in [0.15, 0.2) is 0 Å². The van der Waals surface area contributed by atoms with Crippen molar-refractivity contribution in [1.82, 2.24) is 0 Å². The predicted molar refractivity (Wildman–Crippen MR) is 69.0 cm³/mol. The molecule has 0 bridgehead atoms. The summed E-state index contributed by atoms with van der Waals surface area (Å²) in [5.74, 6) is 1.53. The van der Waals surface area contributed by atoms with Crippen LogP contribution in [0.1, 0.15) is 50.2 Å². The summed E-state index contributed by atoms with van der Waals surface area (Å²) in [6.07, 6.45) is 5.30. The standard InChI is InChI=1S/C15H19Cl/c1-10-9-12-11(5-3-7-14(12)16)13-6-4-8-15(10,13)2/h3,5,7,10,13H,4,6,8-9H2,1-2H3/t10-,13-,15+/m0/s1. The smallest absolute Gasteiger partial charge is 0.0440 e. The van der Waals surface area contributed by atoms with Gasteiger partial charge in [0.2, 0.25) is 0 Å². The molecule has 0 saturated heterocycles. The first-order valence-corrected chi connectivity index (χ1v) is 6.78. The van der Waals surface area contributed by atoms with E-state index in [-0.39, 0.29) is 0 Å². The van der Waals surface area contributed by atoms with Gasteiger partial charge in [-0.3, -0.25) is 0 Å². The molecule has 0 aliphatic heterocycles. The summed E-state index contributed by atoms with van der Waals surface area (Å²) in [4.78, 5) is 0. The van der Waals surface area contributed by atoms with E-state index in [1.54, 1.807) is 5.56 Å². The lowest BCUT2D eigenvalue weighted by molar-refractivity contribution is 0.164. The zero-order valence-corrected chi connectivity index (χ0v) is 10.8. The van der Waals surface area contributed by atoms with Crippen LogP contribution in [-0.4, -0.2) is 0 Å². The van der Waals surface area contributed by atoms with Gasteiger partial charge in [-0.15, -0.1) is 0 Å². The van der Waals surface area contributed by atoms with Crippen LogP contribution in [0.2, 0.25) is 5.02 Å². The van der Waals surface area contributed by atoms with E-state index in [1.165, 1.54) is 31.2 Å². The highest BCUT2D eigenvalue weighted by Gasteiger charge is 2.47. The van der Waals surface area contributed by atoms with Gasteiger partial charge in [0.1, 0.15) is 0 Å². The van der Waals surface area contributed by atoms with E-state index in [4.69, 9.17) is 11.6 Å². The van der Waals surface area contributed by atoms with Gasteiger partial charge in [-0.25, -0.2) is 0 Å². The Hall–Kier alpha value is -0.490. The van der Waals surface area contributed by atoms with Crippen molar-refractivity contribution in [3.05, 3.63) is 34.3 Å². The molecule has 2 aliphatic rings. The van der Waals surface area contributed by atoms with E-state index in [1.807, 2.05) is 6.07 Å². The summed E-state index contributed by atoms with van der Waals surface area (Å²) >= 11 is 6.34. The molecule has 1 fully saturated rings. The number of rotatable bonds is 0. The summed E-state index contributed by atoms with van der Waals surface area (Å²) in [7, 11) is 0. The van der Waals surface area contributed by atoms with E-state index in [0.29, 0.717) is 5.41 Å². The van der Waals surface area contributed by atoms with Crippen LogP contribution in [0, 0.1) is 11.3 Å². The van der Waals surface area contributed by atoms with Crippen molar-refractivity contribution in [3.8, 4) is 0 Å². The van der Waals surface area contributed by atoms with Crippen LogP contribution < -0.4 is 0 Å². The summed E-state index contributed by atoms with van der Waals surface area (Å²) in [6.45, 7) is 4.89. The average molecular weight is 235 g/mol. The van der Waals surface area contributed by atoms with Crippen molar-refractivity contribution in [3.63, 3.8) is 0 Å². The fourth-order valence-corrected chi connectivity index (χ4v) is 4.21. The molecule has 0 N–H and O–H groups in total. The van der Waals surface area contributed by atoms with Gasteiger partial charge < -0.3 is 0 Å². The van der Waals surface area contributed by atoms with Crippen molar-refractivity contribution in [2.75, 3.05) is 0 Å². The zero-order chi connectivity index (χ0) is 11.3. The Morgan fingerprint density at radius 3 is 3.00 bits per heavy atom. The number of benzene rings is 1. The molecule has 1 heteroatoms. The third-order valence-corrected chi connectivity index (χ3v) is 5.53. The molecular formula is C15H19Cl. The van der Waals surface area contributed by atoms with Crippen LogP contribution in [0.3, 0.4) is 0 Å². The Labute approximate surface area is 103 Å². The third kappa shape index (κ3) is 1.29. The molecule has 2 aliphatic carbocycles. The molecule has 3 atom stereocenters. The van der Waals surface area contributed by atoms with Crippen molar-refractivity contribution >= 4 is 11.6 Å². The van der Waals surface area contributed by atoms with Crippen molar-refractivity contribution in [2.45, 2.75) is 45.4 Å². The molecule has 0 radical (unpaired) electrons. The van der Waals surface area contributed by atoms with Gasteiger partial charge in [0, 0.05) is 5.02 Å². The van der Waals surface area contributed by atoms with Gasteiger partial charge in [0.25, 0.3) is 0 Å². The maximum absolute atomic E-state index is 6.34. The number of hydrogen-bond donors (Lipinski definition) is 0. The van der Waals surface area contributed by atoms with E-state index >= 15 is 0 Å². The topological polar surface area (TPSA) is 0 Å². The molecule has 0 heterocycles. The molecule has 16 heavy (non-hydrogen) atoms. The number of hydrogen-bond acceptors (Lipinski definition) is 0. The first-order valence-electron chi connectivity index (χ1n) is 6.40. The van der Waals surface area contributed by atoms with E-state index in [2.05, 4.69) is 26.0 Å². The van der Waals surface area contributed by atoms with Gasteiger partial charge >= 0.3 is 0 Å². The average Bonchev–Trinajstić information content (AvgIpc) is 2.64. The SMILES string of the molecule is C[C@H]1Cc2c(Cl)cccc2[C@@H]2CCC[C@]12C. The van der Waals surface area contributed by atoms with Gasteiger partial charge in [-0.1, -0.05) is 44.0 Å². The lowest BCUT2D eigenvalue weighted by atomic mass is 9.61. The molecule has 0 spiro atoms. The van der Waals surface area contributed by atoms with Gasteiger partial charge in [-0.2, -0.15) is 0 Å². The maximum Gasteiger partial charge on any atom is 0.0440 e. The van der Waals surface area contributed by atoms with E-state index < -0.39 is 0 Å². The maximum atomic E-state index is 6.34. The fourth-order valence-electron chi connectivity index (χ4n) is 3.95. The Balaban J connectivity index is 2.16. The first-order chi connectivity index (χ1) is 7.63. The lowest BCUT2D eigenvalue weighted by Gasteiger charge is -2.43.